The Morgan fingerprint density at radius 1 is 1.17 bits per heavy atom. The third-order valence-electron chi connectivity index (χ3n) is 3.80. The first-order valence-electron chi connectivity index (χ1n) is 8.03. The average Bonchev–Trinajstić information content (AvgIpc) is 3.00. The van der Waals surface area contributed by atoms with Crippen molar-refractivity contribution in [2.75, 3.05) is 37.7 Å². The number of aromatic nitrogens is 3. The van der Waals surface area contributed by atoms with Gasteiger partial charge in [-0.1, -0.05) is 5.16 Å². The predicted molar refractivity (Wildman–Crippen MR) is 87.3 cm³/mol. The van der Waals surface area contributed by atoms with E-state index in [0.29, 0.717) is 50.3 Å². The predicted octanol–water partition coefficient (Wildman–Crippen LogP) is 1.44. The van der Waals surface area contributed by atoms with Crippen molar-refractivity contribution < 1.29 is 14.1 Å². The molecule has 0 spiro atoms. The van der Waals surface area contributed by atoms with Crippen molar-refractivity contribution in [2.45, 2.75) is 20.8 Å². The van der Waals surface area contributed by atoms with Crippen molar-refractivity contribution in [1.82, 2.24) is 20.0 Å². The number of piperazine rings is 1. The van der Waals surface area contributed by atoms with E-state index < -0.39 is 0 Å². The van der Waals surface area contributed by atoms with Gasteiger partial charge in [-0.15, -0.1) is 0 Å². The lowest BCUT2D eigenvalue weighted by Crippen LogP contribution is -2.49. The van der Waals surface area contributed by atoms with Crippen LogP contribution in [0.4, 0.5) is 5.95 Å². The van der Waals surface area contributed by atoms with Gasteiger partial charge in [-0.05, 0) is 20.8 Å². The molecule has 0 unspecified atom stereocenters. The molecule has 1 fully saturated rings. The first-order valence-corrected chi connectivity index (χ1v) is 8.03. The molecule has 0 N–H and O–H groups in total. The van der Waals surface area contributed by atoms with Gasteiger partial charge < -0.3 is 19.1 Å². The zero-order valence-electron chi connectivity index (χ0n) is 14.2. The summed E-state index contributed by atoms with van der Waals surface area (Å²) in [5, 5.41) is 3.77. The van der Waals surface area contributed by atoms with E-state index in [1.165, 1.54) is 0 Å². The number of ether oxygens (including phenoxy) is 1. The van der Waals surface area contributed by atoms with Crippen LogP contribution in [-0.2, 0) is 0 Å². The summed E-state index contributed by atoms with van der Waals surface area (Å²) in [4.78, 5) is 25.1. The summed E-state index contributed by atoms with van der Waals surface area (Å²) in [7, 11) is 0. The molecule has 8 nitrogen and oxygen atoms in total. The standard InChI is InChI=1S/C16H21N5O3/c1-4-23-14-10-11(2)17-16(18-14)21-7-5-20(6-8-21)15(22)13-9-12(3)19-24-13/h9-10H,4-8H2,1-3H3. The number of hydrogen-bond acceptors (Lipinski definition) is 7. The van der Waals surface area contributed by atoms with Crippen molar-refractivity contribution in [2.24, 2.45) is 0 Å². The van der Waals surface area contributed by atoms with Gasteiger partial charge in [-0.2, -0.15) is 4.98 Å². The highest BCUT2D eigenvalue weighted by Gasteiger charge is 2.26. The van der Waals surface area contributed by atoms with Gasteiger partial charge in [0.05, 0.1) is 12.3 Å². The van der Waals surface area contributed by atoms with Crippen LogP contribution in [-0.4, -0.2) is 58.7 Å². The van der Waals surface area contributed by atoms with E-state index >= 15 is 0 Å². The second-order valence-corrected chi connectivity index (χ2v) is 5.69. The molecule has 1 aliphatic heterocycles. The Balaban J connectivity index is 1.65. The van der Waals surface area contributed by atoms with Crippen LogP contribution in [0.15, 0.2) is 16.7 Å². The van der Waals surface area contributed by atoms with Gasteiger partial charge in [0.2, 0.25) is 17.6 Å². The number of aryl methyl sites for hydroxylation is 2. The smallest absolute Gasteiger partial charge is 0.292 e. The van der Waals surface area contributed by atoms with Gasteiger partial charge in [0.15, 0.2) is 0 Å². The van der Waals surface area contributed by atoms with Crippen LogP contribution in [0.25, 0.3) is 0 Å². The van der Waals surface area contributed by atoms with Crippen LogP contribution in [0.1, 0.15) is 28.9 Å². The van der Waals surface area contributed by atoms with E-state index in [4.69, 9.17) is 9.26 Å². The minimum absolute atomic E-state index is 0.129. The molecule has 3 heterocycles. The molecule has 0 aromatic carbocycles. The van der Waals surface area contributed by atoms with Crippen LogP contribution >= 0.6 is 0 Å². The zero-order valence-corrected chi connectivity index (χ0v) is 14.2. The Morgan fingerprint density at radius 2 is 1.92 bits per heavy atom. The highest BCUT2D eigenvalue weighted by molar-refractivity contribution is 5.91. The lowest BCUT2D eigenvalue weighted by atomic mass is 10.3. The number of anilines is 1. The van der Waals surface area contributed by atoms with Crippen LogP contribution in [0.5, 0.6) is 5.88 Å². The summed E-state index contributed by atoms with van der Waals surface area (Å²) in [6, 6.07) is 3.48. The van der Waals surface area contributed by atoms with Crippen molar-refractivity contribution in [3.8, 4) is 5.88 Å². The van der Waals surface area contributed by atoms with Gasteiger partial charge in [0.1, 0.15) is 0 Å². The molecule has 0 saturated carbocycles. The Bertz CT molecular complexity index is 722. The Hall–Kier alpha value is -2.64. The SMILES string of the molecule is CCOc1cc(C)nc(N2CCN(C(=O)c3cc(C)no3)CC2)n1. The van der Waals surface area contributed by atoms with E-state index in [-0.39, 0.29) is 11.7 Å². The molecule has 1 aliphatic rings. The fourth-order valence-electron chi connectivity index (χ4n) is 2.62. The summed E-state index contributed by atoms with van der Waals surface area (Å²) >= 11 is 0. The van der Waals surface area contributed by atoms with E-state index in [9.17, 15) is 4.79 Å². The molecule has 0 radical (unpaired) electrons. The minimum atomic E-state index is -0.129. The van der Waals surface area contributed by atoms with Crippen molar-refractivity contribution in [1.29, 1.82) is 0 Å². The highest BCUT2D eigenvalue weighted by atomic mass is 16.5. The minimum Gasteiger partial charge on any atom is -0.478 e. The largest absolute Gasteiger partial charge is 0.478 e. The highest BCUT2D eigenvalue weighted by Crippen LogP contribution is 2.18. The maximum Gasteiger partial charge on any atom is 0.292 e. The first kappa shape index (κ1) is 16.2. The monoisotopic (exact) mass is 331 g/mol. The summed E-state index contributed by atoms with van der Waals surface area (Å²) in [5.74, 6) is 1.37. The quantitative estimate of drug-likeness (QED) is 0.838. The summed E-state index contributed by atoms with van der Waals surface area (Å²) in [6.45, 7) is 8.69. The van der Waals surface area contributed by atoms with Gasteiger partial charge in [0, 0.05) is 44.0 Å². The summed E-state index contributed by atoms with van der Waals surface area (Å²) in [5.41, 5.74) is 1.56. The third-order valence-corrected chi connectivity index (χ3v) is 3.80. The fraction of sp³-hybridized carbons (Fsp3) is 0.500. The maximum atomic E-state index is 12.4. The summed E-state index contributed by atoms with van der Waals surface area (Å²) < 4.78 is 10.5. The molecule has 0 atom stereocenters. The number of carbonyl (C=O) groups excluding carboxylic acids is 1. The lowest BCUT2D eigenvalue weighted by molar-refractivity contribution is 0.0704. The zero-order chi connectivity index (χ0) is 17.1. The number of amides is 1. The maximum absolute atomic E-state index is 12.4. The molecule has 3 rings (SSSR count). The molecule has 0 aliphatic carbocycles. The molecule has 8 heteroatoms. The molecular formula is C16H21N5O3. The van der Waals surface area contributed by atoms with Crippen molar-refractivity contribution in [3.63, 3.8) is 0 Å². The van der Waals surface area contributed by atoms with Crippen LogP contribution in [0.3, 0.4) is 0 Å². The molecule has 0 bridgehead atoms. The Kier molecular flexibility index (Phi) is 4.64. The number of nitrogens with zero attached hydrogens (tertiary/aromatic N) is 5. The van der Waals surface area contributed by atoms with Gasteiger partial charge in [-0.3, -0.25) is 4.79 Å². The molecule has 2 aromatic rings. The first-order chi connectivity index (χ1) is 11.6. The fourth-order valence-corrected chi connectivity index (χ4v) is 2.62. The molecule has 2 aromatic heterocycles. The average molecular weight is 331 g/mol. The molecule has 1 amide bonds. The van der Waals surface area contributed by atoms with Gasteiger partial charge in [0.25, 0.3) is 5.91 Å². The summed E-state index contributed by atoms with van der Waals surface area (Å²) in [6.07, 6.45) is 0. The molecular weight excluding hydrogens is 310 g/mol. The number of rotatable bonds is 4. The van der Waals surface area contributed by atoms with E-state index in [1.807, 2.05) is 19.9 Å². The van der Waals surface area contributed by atoms with E-state index in [2.05, 4.69) is 20.0 Å². The Labute approximate surface area is 140 Å². The molecule has 1 saturated heterocycles. The second-order valence-electron chi connectivity index (χ2n) is 5.69. The number of hydrogen-bond donors (Lipinski definition) is 0. The van der Waals surface area contributed by atoms with E-state index in [0.717, 1.165) is 5.69 Å². The molecule has 128 valence electrons. The number of carbonyl (C=O) groups is 1. The van der Waals surface area contributed by atoms with Crippen molar-refractivity contribution >= 4 is 11.9 Å². The third kappa shape index (κ3) is 3.47. The molecule has 24 heavy (non-hydrogen) atoms. The van der Waals surface area contributed by atoms with Crippen molar-refractivity contribution in [3.05, 3.63) is 29.3 Å². The van der Waals surface area contributed by atoms with Crippen LogP contribution in [0, 0.1) is 13.8 Å². The van der Waals surface area contributed by atoms with E-state index in [1.54, 1.807) is 17.9 Å². The van der Waals surface area contributed by atoms with Gasteiger partial charge >= 0.3 is 0 Å². The topological polar surface area (TPSA) is 84.6 Å². The lowest BCUT2D eigenvalue weighted by Gasteiger charge is -2.34. The second kappa shape index (κ2) is 6.86. The normalized spacial score (nSPS) is 14.8. The van der Waals surface area contributed by atoms with Gasteiger partial charge in [-0.25, -0.2) is 4.98 Å². The van der Waals surface area contributed by atoms with Crippen LogP contribution < -0.4 is 9.64 Å². The Morgan fingerprint density at radius 3 is 2.54 bits per heavy atom. The van der Waals surface area contributed by atoms with Crippen LogP contribution in [0.2, 0.25) is 0 Å².